The zero-order chi connectivity index (χ0) is 27.4. The number of methoxy groups -OCH3 is 2. The summed E-state index contributed by atoms with van der Waals surface area (Å²) in [6.45, 7) is 2.34. The number of ether oxygens (including phenoxy) is 3. The lowest BCUT2D eigenvalue weighted by molar-refractivity contribution is 0.0526. The minimum Gasteiger partial charge on any atom is -0.497 e. The molecular weight excluding hydrogens is 524 g/mol. The SMILES string of the molecule is CCOC(=O)c1ccc2c(c1)nc(SCc1c(F)c(F)c(OC)c(F)c1F)n2CCc1ccc(OC)cc1. The van der Waals surface area contributed by atoms with Crippen molar-refractivity contribution in [2.45, 2.75) is 30.8 Å². The molecule has 0 amide bonds. The normalized spacial score (nSPS) is 11.1. The highest BCUT2D eigenvalue weighted by Crippen LogP contribution is 2.34. The van der Waals surface area contributed by atoms with E-state index in [9.17, 15) is 22.4 Å². The molecule has 4 aromatic rings. The molecule has 0 radical (unpaired) electrons. The molecule has 4 rings (SSSR count). The van der Waals surface area contributed by atoms with Crippen LogP contribution in [0.3, 0.4) is 0 Å². The lowest BCUT2D eigenvalue weighted by Gasteiger charge is -2.12. The summed E-state index contributed by atoms with van der Waals surface area (Å²) in [6.07, 6.45) is 0.581. The van der Waals surface area contributed by atoms with E-state index in [-0.39, 0.29) is 6.61 Å². The van der Waals surface area contributed by atoms with Gasteiger partial charge in [-0.3, -0.25) is 0 Å². The molecule has 1 heterocycles. The predicted molar refractivity (Wildman–Crippen MR) is 135 cm³/mol. The molecule has 0 aliphatic heterocycles. The minimum absolute atomic E-state index is 0.209. The third-order valence-electron chi connectivity index (χ3n) is 5.87. The van der Waals surface area contributed by atoms with Crippen LogP contribution in [0.15, 0.2) is 47.6 Å². The fourth-order valence-corrected chi connectivity index (χ4v) is 4.94. The van der Waals surface area contributed by atoms with Gasteiger partial charge < -0.3 is 18.8 Å². The summed E-state index contributed by atoms with van der Waals surface area (Å²) in [5, 5.41) is 0.352. The molecule has 6 nitrogen and oxygen atoms in total. The first-order valence-electron chi connectivity index (χ1n) is 11.6. The lowest BCUT2D eigenvalue weighted by Crippen LogP contribution is -2.07. The Morgan fingerprint density at radius 2 is 1.63 bits per heavy atom. The van der Waals surface area contributed by atoms with Gasteiger partial charge >= 0.3 is 5.97 Å². The number of aryl methyl sites for hydroxylation is 2. The van der Waals surface area contributed by atoms with E-state index < -0.39 is 46.3 Å². The summed E-state index contributed by atoms with van der Waals surface area (Å²) < 4.78 is 74.1. The highest BCUT2D eigenvalue weighted by Gasteiger charge is 2.27. The first kappa shape index (κ1) is 27.3. The number of thioether (sulfide) groups is 1. The third-order valence-corrected chi connectivity index (χ3v) is 6.87. The number of benzene rings is 3. The monoisotopic (exact) mass is 548 g/mol. The number of fused-ring (bicyclic) bond motifs is 1. The van der Waals surface area contributed by atoms with Crippen LogP contribution in [0.4, 0.5) is 17.6 Å². The summed E-state index contributed by atoms with van der Waals surface area (Å²) in [7, 11) is 2.50. The van der Waals surface area contributed by atoms with Gasteiger partial charge in [0, 0.05) is 17.9 Å². The van der Waals surface area contributed by atoms with E-state index in [0.717, 1.165) is 24.4 Å². The van der Waals surface area contributed by atoms with Crippen molar-refractivity contribution in [3.63, 3.8) is 0 Å². The van der Waals surface area contributed by atoms with E-state index in [2.05, 4.69) is 9.72 Å². The maximum atomic E-state index is 14.6. The van der Waals surface area contributed by atoms with Gasteiger partial charge in [-0.05, 0) is 49.2 Å². The predicted octanol–water partition coefficient (Wildman–Crippen LogP) is 6.32. The summed E-state index contributed by atoms with van der Waals surface area (Å²) in [4.78, 5) is 16.8. The zero-order valence-corrected chi connectivity index (χ0v) is 21.6. The quantitative estimate of drug-likeness (QED) is 0.100. The molecule has 0 aliphatic carbocycles. The van der Waals surface area contributed by atoms with Crippen molar-refractivity contribution in [2.75, 3.05) is 20.8 Å². The Labute approximate surface area is 220 Å². The van der Waals surface area contributed by atoms with Gasteiger partial charge in [-0.1, -0.05) is 23.9 Å². The third kappa shape index (κ3) is 5.42. The first-order chi connectivity index (χ1) is 18.3. The van der Waals surface area contributed by atoms with Crippen LogP contribution in [-0.4, -0.2) is 36.3 Å². The van der Waals surface area contributed by atoms with Crippen LogP contribution in [0.5, 0.6) is 11.5 Å². The van der Waals surface area contributed by atoms with E-state index >= 15 is 0 Å². The molecule has 11 heteroatoms. The van der Waals surface area contributed by atoms with Gasteiger partial charge in [0.25, 0.3) is 0 Å². The summed E-state index contributed by atoms with van der Waals surface area (Å²) >= 11 is 0.912. The van der Waals surface area contributed by atoms with Crippen LogP contribution in [0.1, 0.15) is 28.4 Å². The van der Waals surface area contributed by atoms with E-state index in [1.165, 1.54) is 0 Å². The largest absolute Gasteiger partial charge is 0.497 e. The number of imidazole rings is 1. The molecule has 0 aliphatic rings. The van der Waals surface area contributed by atoms with Crippen molar-refractivity contribution in [3.8, 4) is 11.5 Å². The smallest absolute Gasteiger partial charge is 0.338 e. The first-order valence-corrected chi connectivity index (χ1v) is 12.6. The fourth-order valence-electron chi connectivity index (χ4n) is 3.91. The van der Waals surface area contributed by atoms with Crippen molar-refractivity contribution in [2.24, 2.45) is 0 Å². The second-order valence-corrected chi connectivity index (χ2v) is 9.07. The molecular formula is C27H24F4N2O4S. The number of halogens is 4. The van der Waals surface area contributed by atoms with Crippen LogP contribution in [0.2, 0.25) is 0 Å². The van der Waals surface area contributed by atoms with Gasteiger partial charge in [-0.25, -0.2) is 18.6 Å². The number of nitrogens with zero attached hydrogens (tertiary/aromatic N) is 2. The van der Waals surface area contributed by atoms with Gasteiger partial charge in [0.05, 0.1) is 37.4 Å². The molecule has 3 aromatic carbocycles. The molecule has 38 heavy (non-hydrogen) atoms. The molecule has 0 atom stereocenters. The van der Waals surface area contributed by atoms with E-state index in [0.29, 0.717) is 40.5 Å². The molecule has 0 spiro atoms. The number of aromatic nitrogens is 2. The van der Waals surface area contributed by atoms with Gasteiger partial charge in [-0.15, -0.1) is 0 Å². The highest BCUT2D eigenvalue weighted by atomic mass is 32.2. The van der Waals surface area contributed by atoms with Crippen LogP contribution in [0, 0.1) is 23.3 Å². The zero-order valence-electron chi connectivity index (χ0n) is 20.8. The molecule has 1 aromatic heterocycles. The second-order valence-electron chi connectivity index (χ2n) is 8.12. The van der Waals surface area contributed by atoms with Crippen molar-refractivity contribution in [1.82, 2.24) is 9.55 Å². The molecule has 0 saturated heterocycles. The fraction of sp³-hybridized carbons (Fsp3) is 0.259. The molecule has 0 N–H and O–H groups in total. The van der Waals surface area contributed by atoms with Crippen molar-refractivity contribution in [1.29, 1.82) is 0 Å². The summed E-state index contributed by atoms with van der Waals surface area (Å²) in [6, 6.07) is 12.4. The highest BCUT2D eigenvalue weighted by molar-refractivity contribution is 7.98. The molecule has 0 unspecified atom stereocenters. The Balaban J connectivity index is 1.69. The lowest BCUT2D eigenvalue weighted by atomic mass is 10.1. The molecule has 0 bridgehead atoms. The van der Waals surface area contributed by atoms with E-state index in [1.807, 2.05) is 28.8 Å². The van der Waals surface area contributed by atoms with Crippen molar-refractivity contribution < 1.29 is 36.6 Å². The molecule has 200 valence electrons. The van der Waals surface area contributed by atoms with Gasteiger partial charge in [0.1, 0.15) is 5.75 Å². The number of hydrogen-bond donors (Lipinski definition) is 0. The van der Waals surface area contributed by atoms with E-state index in [4.69, 9.17) is 9.47 Å². The molecule has 0 saturated carbocycles. The Bertz CT molecular complexity index is 1450. The standard InChI is InChI=1S/C27H24F4N2O4S/c1-4-37-26(34)16-7-10-20-19(13-16)32-27(33(20)12-11-15-5-8-17(35-2)9-6-15)38-14-18-21(28)23(30)25(36-3)24(31)22(18)29/h5-10,13H,4,11-12,14H2,1-3H3. The maximum absolute atomic E-state index is 14.6. The Morgan fingerprint density at radius 3 is 2.24 bits per heavy atom. The second kappa shape index (κ2) is 11.8. The number of carbonyl (C=O) groups is 1. The number of rotatable bonds is 10. The van der Waals surface area contributed by atoms with Gasteiger partial charge in [0.2, 0.25) is 11.6 Å². The van der Waals surface area contributed by atoms with Crippen LogP contribution >= 0.6 is 11.8 Å². The Kier molecular flexibility index (Phi) is 8.45. The van der Waals surface area contributed by atoms with Gasteiger partial charge in [0.15, 0.2) is 22.5 Å². The average molecular weight is 549 g/mol. The van der Waals surface area contributed by atoms with E-state index in [1.54, 1.807) is 32.2 Å². The van der Waals surface area contributed by atoms with Crippen LogP contribution in [0.25, 0.3) is 11.0 Å². The average Bonchev–Trinajstić information content (AvgIpc) is 3.28. The number of hydrogen-bond acceptors (Lipinski definition) is 6. The number of esters is 1. The van der Waals surface area contributed by atoms with Gasteiger partial charge in [-0.2, -0.15) is 8.78 Å². The topological polar surface area (TPSA) is 62.6 Å². The van der Waals surface area contributed by atoms with Crippen molar-refractivity contribution >= 4 is 28.8 Å². The van der Waals surface area contributed by atoms with Crippen LogP contribution < -0.4 is 9.47 Å². The summed E-state index contributed by atoms with van der Waals surface area (Å²) in [5.74, 6) is -7.61. The van der Waals surface area contributed by atoms with Crippen molar-refractivity contribution in [3.05, 3.63) is 82.4 Å². The Morgan fingerprint density at radius 1 is 0.947 bits per heavy atom. The maximum Gasteiger partial charge on any atom is 0.338 e. The Hall–Kier alpha value is -3.73. The summed E-state index contributed by atoms with van der Waals surface area (Å²) in [5.41, 5.74) is 1.66. The minimum atomic E-state index is -1.60. The number of carbonyl (C=O) groups excluding carboxylic acids is 1. The van der Waals surface area contributed by atoms with Crippen LogP contribution in [-0.2, 0) is 23.5 Å². The molecule has 0 fully saturated rings.